The number of halogens is 2. The van der Waals surface area contributed by atoms with Crippen LogP contribution in [-0.4, -0.2) is 17.4 Å². The van der Waals surface area contributed by atoms with Gasteiger partial charge in [-0.1, -0.05) is 0 Å². The third-order valence-electron chi connectivity index (χ3n) is 2.56. The molecule has 1 amide bonds. The Kier molecular flexibility index (Phi) is 4.68. The Labute approximate surface area is 124 Å². The number of carbonyl (C=O) groups excluding carboxylic acids is 1. The van der Waals surface area contributed by atoms with E-state index in [-0.39, 0.29) is 11.7 Å². The van der Waals surface area contributed by atoms with E-state index in [0.29, 0.717) is 15.9 Å². The molecular formula is C14H13BrFN3O. The first kappa shape index (κ1) is 14.5. The van der Waals surface area contributed by atoms with Gasteiger partial charge in [-0.3, -0.25) is 4.79 Å². The van der Waals surface area contributed by atoms with Crippen molar-refractivity contribution in [3.8, 4) is 0 Å². The maximum atomic E-state index is 13.0. The molecule has 0 bridgehead atoms. The van der Waals surface area contributed by atoms with Gasteiger partial charge in [-0.25, -0.2) is 9.37 Å². The second kappa shape index (κ2) is 6.47. The Morgan fingerprint density at radius 2 is 2.15 bits per heavy atom. The van der Waals surface area contributed by atoms with Crippen molar-refractivity contribution >= 4 is 33.2 Å². The zero-order valence-electron chi connectivity index (χ0n) is 10.8. The van der Waals surface area contributed by atoms with Crippen molar-refractivity contribution in [2.45, 2.75) is 6.92 Å². The van der Waals surface area contributed by atoms with Gasteiger partial charge >= 0.3 is 0 Å². The maximum absolute atomic E-state index is 13.0. The van der Waals surface area contributed by atoms with E-state index in [9.17, 15) is 9.18 Å². The van der Waals surface area contributed by atoms with Crippen LogP contribution in [0.15, 0.2) is 41.0 Å². The summed E-state index contributed by atoms with van der Waals surface area (Å²) in [6, 6.07) is 7.47. The molecule has 0 atom stereocenters. The number of nitrogens with zero attached hydrogens (tertiary/aromatic N) is 1. The van der Waals surface area contributed by atoms with Gasteiger partial charge in [0.05, 0.1) is 17.6 Å². The van der Waals surface area contributed by atoms with Crippen LogP contribution in [0.3, 0.4) is 0 Å². The van der Waals surface area contributed by atoms with Crippen LogP contribution in [0.25, 0.3) is 0 Å². The van der Waals surface area contributed by atoms with Gasteiger partial charge in [0.15, 0.2) is 0 Å². The molecule has 20 heavy (non-hydrogen) atoms. The predicted octanol–water partition coefficient (Wildman–Crippen LogP) is 3.67. The lowest BCUT2D eigenvalue weighted by molar-refractivity contribution is 0.102. The molecule has 104 valence electrons. The molecule has 0 saturated heterocycles. The number of rotatable bonds is 4. The van der Waals surface area contributed by atoms with Gasteiger partial charge in [-0.2, -0.15) is 0 Å². The number of anilines is 2. The van der Waals surface area contributed by atoms with Crippen LogP contribution in [-0.2, 0) is 0 Å². The third-order valence-corrected chi connectivity index (χ3v) is 3.21. The molecule has 4 nitrogen and oxygen atoms in total. The van der Waals surface area contributed by atoms with Crippen LogP contribution < -0.4 is 10.6 Å². The number of amides is 1. The Morgan fingerprint density at radius 1 is 1.35 bits per heavy atom. The summed E-state index contributed by atoms with van der Waals surface area (Å²) in [5.74, 6) is -0.719. The lowest BCUT2D eigenvalue weighted by atomic mass is 10.2. The average molecular weight is 338 g/mol. The minimum absolute atomic E-state index is 0.294. The highest BCUT2D eigenvalue weighted by molar-refractivity contribution is 9.10. The van der Waals surface area contributed by atoms with E-state index in [1.807, 2.05) is 6.92 Å². The molecule has 0 fully saturated rings. The molecular weight excluding hydrogens is 325 g/mol. The minimum atomic E-state index is -0.372. The number of hydrogen-bond acceptors (Lipinski definition) is 3. The topological polar surface area (TPSA) is 54.0 Å². The molecule has 1 aromatic heterocycles. The van der Waals surface area contributed by atoms with Crippen LogP contribution in [0.5, 0.6) is 0 Å². The van der Waals surface area contributed by atoms with E-state index in [1.54, 1.807) is 18.3 Å². The van der Waals surface area contributed by atoms with E-state index >= 15 is 0 Å². The van der Waals surface area contributed by atoms with Crippen molar-refractivity contribution in [2.24, 2.45) is 0 Å². The summed E-state index contributed by atoms with van der Waals surface area (Å²) in [6.45, 7) is 2.77. The van der Waals surface area contributed by atoms with Gasteiger partial charge in [-0.05, 0) is 53.2 Å². The molecule has 0 saturated carbocycles. The molecule has 1 heterocycles. The second-order valence-corrected chi connectivity index (χ2v) is 4.90. The lowest BCUT2D eigenvalue weighted by Crippen LogP contribution is -2.14. The monoisotopic (exact) mass is 337 g/mol. The standard InChI is InChI=1S/C14H13BrFN3O/c1-2-17-10-4-6-13(18-8-10)14(20)19-12-5-3-9(16)7-11(12)15/h3-8,17H,2H2,1H3,(H,19,20). The fraction of sp³-hybridized carbons (Fsp3) is 0.143. The normalized spacial score (nSPS) is 10.2. The van der Waals surface area contributed by atoms with E-state index in [2.05, 4.69) is 31.5 Å². The molecule has 2 rings (SSSR count). The molecule has 0 aliphatic rings. The zero-order chi connectivity index (χ0) is 14.5. The fourth-order valence-corrected chi connectivity index (χ4v) is 2.06. The van der Waals surface area contributed by atoms with Crippen molar-refractivity contribution in [2.75, 3.05) is 17.2 Å². The zero-order valence-corrected chi connectivity index (χ0v) is 12.4. The summed E-state index contributed by atoms with van der Waals surface area (Å²) < 4.78 is 13.4. The molecule has 0 aliphatic carbocycles. The molecule has 1 aromatic carbocycles. The van der Waals surface area contributed by atoms with Crippen LogP contribution >= 0.6 is 15.9 Å². The first-order chi connectivity index (χ1) is 9.60. The van der Waals surface area contributed by atoms with Crippen molar-refractivity contribution in [3.63, 3.8) is 0 Å². The minimum Gasteiger partial charge on any atom is -0.384 e. The summed E-state index contributed by atoms with van der Waals surface area (Å²) in [4.78, 5) is 16.1. The summed E-state index contributed by atoms with van der Waals surface area (Å²) >= 11 is 3.20. The maximum Gasteiger partial charge on any atom is 0.274 e. The molecule has 2 aromatic rings. The SMILES string of the molecule is CCNc1ccc(C(=O)Nc2ccc(F)cc2Br)nc1. The largest absolute Gasteiger partial charge is 0.384 e. The summed E-state index contributed by atoms with van der Waals surface area (Å²) in [5, 5.41) is 5.77. The van der Waals surface area contributed by atoms with E-state index in [1.165, 1.54) is 18.2 Å². The summed E-state index contributed by atoms with van der Waals surface area (Å²) in [6.07, 6.45) is 1.60. The predicted molar refractivity (Wildman–Crippen MR) is 80.5 cm³/mol. The number of nitrogens with one attached hydrogen (secondary N) is 2. The molecule has 6 heteroatoms. The van der Waals surface area contributed by atoms with Gasteiger partial charge in [0.2, 0.25) is 0 Å². The highest BCUT2D eigenvalue weighted by Crippen LogP contribution is 2.23. The van der Waals surface area contributed by atoms with Crippen LogP contribution in [0, 0.1) is 5.82 Å². The third kappa shape index (κ3) is 3.54. The van der Waals surface area contributed by atoms with Crippen molar-refractivity contribution < 1.29 is 9.18 Å². The Bertz CT molecular complexity index is 616. The van der Waals surface area contributed by atoms with Gasteiger partial charge in [-0.15, -0.1) is 0 Å². The lowest BCUT2D eigenvalue weighted by Gasteiger charge is -2.08. The highest BCUT2D eigenvalue weighted by atomic mass is 79.9. The van der Waals surface area contributed by atoms with Crippen molar-refractivity contribution in [3.05, 3.63) is 52.5 Å². The first-order valence-corrected chi connectivity index (χ1v) is 6.85. The van der Waals surface area contributed by atoms with Crippen LogP contribution in [0.1, 0.15) is 17.4 Å². The second-order valence-electron chi connectivity index (χ2n) is 4.04. The average Bonchev–Trinajstić information content (AvgIpc) is 2.43. The van der Waals surface area contributed by atoms with Crippen molar-refractivity contribution in [1.29, 1.82) is 0 Å². The quantitative estimate of drug-likeness (QED) is 0.894. The molecule has 2 N–H and O–H groups in total. The fourth-order valence-electron chi connectivity index (χ4n) is 1.61. The van der Waals surface area contributed by atoms with E-state index in [0.717, 1.165) is 12.2 Å². The smallest absolute Gasteiger partial charge is 0.274 e. The number of benzene rings is 1. The highest BCUT2D eigenvalue weighted by Gasteiger charge is 2.10. The van der Waals surface area contributed by atoms with Gasteiger partial charge in [0, 0.05) is 11.0 Å². The molecule has 0 unspecified atom stereocenters. The molecule has 0 radical (unpaired) electrons. The van der Waals surface area contributed by atoms with E-state index in [4.69, 9.17) is 0 Å². The van der Waals surface area contributed by atoms with Gasteiger partial charge in [0.1, 0.15) is 11.5 Å². The number of aromatic nitrogens is 1. The Balaban J connectivity index is 2.11. The van der Waals surface area contributed by atoms with Crippen LogP contribution in [0.2, 0.25) is 0 Å². The van der Waals surface area contributed by atoms with Gasteiger partial charge in [0.25, 0.3) is 5.91 Å². The first-order valence-electron chi connectivity index (χ1n) is 6.06. The van der Waals surface area contributed by atoms with Crippen LogP contribution in [0.4, 0.5) is 15.8 Å². The van der Waals surface area contributed by atoms with Gasteiger partial charge < -0.3 is 10.6 Å². The summed E-state index contributed by atoms with van der Waals surface area (Å²) in [7, 11) is 0. The number of pyridine rings is 1. The van der Waals surface area contributed by atoms with Crippen molar-refractivity contribution in [1.82, 2.24) is 4.98 Å². The number of hydrogen-bond donors (Lipinski definition) is 2. The Hall–Kier alpha value is -1.95. The molecule has 0 spiro atoms. The Morgan fingerprint density at radius 3 is 2.75 bits per heavy atom. The van der Waals surface area contributed by atoms with E-state index < -0.39 is 0 Å². The molecule has 0 aliphatic heterocycles. The number of carbonyl (C=O) groups is 1. The summed E-state index contributed by atoms with van der Waals surface area (Å²) in [5.41, 5.74) is 1.64.